The molecule has 2 atom stereocenters. The monoisotopic (exact) mass is 853 g/mol. The van der Waals surface area contributed by atoms with Crippen LogP contribution in [0.3, 0.4) is 0 Å². The molecule has 8 N–H and O–H groups in total. The summed E-state index contributed by atoms with van der Waals surface area (Å²) >= 11 is 0. The summed E-state index contributed by atoms with van der Waals surface area (Å²) in [4.78, 5) is 4.55. The topological polar surface area (TPSA) is 182 Å². The zero-order valence-corrected chi connectivity index (χ0v) is 37.7. The highest BCUT2D eigenvalue weighted by Crippen LogP contribution is 2.49. The van der Waals surface area contributed by atoms with Gasteiger partial charge in [-0.25, -0.2) is 0 Å². The van der Waals surface area contributed by atoms with Gasteiger partial charge < -0.3 is 50.8 Å². The second-order valence-electron chi connectivity index (χ2n) is 15.3. The van der Waals surface area contributed by atoms with E-state index in [-0.39, 0.29) is 0 Å². The number of hydrogen-bond donors (Lipinski definition) is 4. The lowest BCUT2D eigenvalue weighted by Crippen LogP contribution is -2.31. The van der Waals surface area contributed by atoms with Crippen LogP contribution in [-0.4, -0.2) is 114 Å². The third-order valence-electron chi connectivity index (χ3n) is 10.3. The Bertz CT molecular complexity index is 1200. The molecule has 0 saturated carbocycles. The Hall–Kier alpha value is -1.50. The molecule has 12 nitrogen and oxygen atoms in total. The van der Waals surface area contributed by atoms with Crippen molar-refractivity contribution in [2.45, 2.75) is 103 Å². The first kappa shape index (κ1) is 52.6. The fraction of sp³-hybridized carbons (Fsp3) is 0.727. The van der Waals surface area contributed by atoms with Gasteiger partial charge in [-0.3, -0.25) is 9.13 Å². The van der Waals surface area contributed by atoms with Gasteiger partial charge in [0.25, 0.3) is 0 Å². The number of hydrogen-bond acceptors (Lipinski definition) is 12. The fourth-order valence-corrected chi connectivity index (χ4v) is 9.99. The molecule has 0 radical (unpaired) electrons. The Morgan fingerprint density at radius 1 is 0.379 bits per heavy atom. The van der Waals surface area contributed by atoms with Gasteiger partial charge in [-0.2, -0.15) is 0 Å². The molecular weight excluding hydrogens is 770 g/mol. The summed E-state index contributed by atoms with van der Waals surface area (Å²) in [5.41, 5.74) is 25.4. The van der Waals surface area contributed by atoms with E-state index in [0.717, 1.165) is 102 Å². The molecule has 2 aromatic rings. The smallest absolute Gasteiger partial charge is 0.330 e. The summed E-state index contributed by atoms with van der Waals surface area (Å²) in [6, 6.07) is 20.3. The van der Waals surface area contributed by atoms with Crippen molar-refractivity contribution < 1.29 is 27.2 Å². The van der Waals surface area contributed by atoms with E-state index < -0.39 is 15.2 Å². The third kappa shape index (κ3) is 27.4. The van der Waals surface area contributed by atoms with E-state index in [1.165, 1.54) is 25.7 Å². The summed E-state index contributed by atoms with van der Waals surface area (Å²) in [5.74, 6) is 0. The molecule has 2 rings (SSSR count). The molecule has 0 aliphatic rings. The lowest BCUT2D eigenvalue weighted by Gasteiger charge is -2.25. The van der Waals surface area contributed by atoms with E-state index in [1.807, 2.05) is 36.4 Å². The number of nitrogens with two attached hydrogens (primary N) is 4. The van der Waals surface area contributed by atoms with Crippen LogP contribution in [-0.2, 0) is 40.1 Å². The molecule has 0 aliphatic carbocycles. The summed E-state index contributed by atoms with van der Waals surface area (Å²) < 4.78 is 51.8. The lowest BCUT2D eigenvalue weighted by atomic mass is 10.1. The van der Waals surface area contributed by atoms with Crippen molar-refractivity contribution in [3.8, 4) is 0 Å². The molecule has 14 heteroatoms. The zero-order chi connectivity index (χ0) is 41.8. The van der Waals surface area contributed by atoms with Gasteiger partial charge >= 0.3 is 15.2 Å². The van der Waals surface area contributed by atoms with Crippen LogP contribution in [0, 0.1) is 0 Å². The minimum atomic E-state index is -3.24. The molecule has 0 fully saturated rings. The van der Waals surface area contributed by atoms with Crippen molar-refractivity contribution >= 4 is 15.2 Å². The van der Waals surface area contributed by atoms with Gasteiger partial charge in [0.05, 0.1) is 38.8 Å². The average molecular weight is 853 g/mol. The SMILES string of the molecule is NCCCN(CCCN)CCP(=O)(OCCCCCCCCCCCCOP(=O)(CCN(CCCN)CCCN)OCCc1ccccc1)OCCc1ccccc1. The predicted octanol–water partition coefficient (Wildman–Crippen LogP) is 7.82. The average Bonchev–Trinajstić information content (AvgIpc) is 3.24. The van der Waals surface area contributed by atoms with Crippen LogP contribution in [0.4, 0.5) is 0 Å². The Morgan fingerprint density at radius 2 is 0.672 bits per heavy atom. The number of rotatable bonds is 41. The maximum Gasteiger partial charge on any atom is 0.331 e. The maximum atomic E-state index is 13.9. The normalized spacial score (nSPS) is 14.0. The van der Waals surface area contributed by atoms with Crippen LogP contribution in [0.2, 0.25) is 0 Å². The van der Waals surface area contributed by atoms with Crippen molar-refractivity contribution in [1.29, 1.82) is 0 Å². The number of unbranched alkanes of at least 4 members (excludes halogenated alkanes) is 9. The van der Waals surface area contributed by atoms with Crippen molar-refractivity contribution in [2.75, 3.05) is 104 Å². The lowest BCUT2D eigenvalue weighted by molar-refractivity contribution is 0.194. The van der Waals surface area contributed by atoms with E-state index in [2.05, 4.69) is 34.1 Å². The second-order valence-corrected chi connectivity index (χ2v) is 19.6. The van der Waals surface area contributed by atoms with Gasteiger partial charge in [0, 0.05) is 13.1 Å². The van der Waals surface area contributed by atoms with Crippen LogP contribution in [0.25, 0.3) is 0 Å². The van der Waals surface area contributed by atoms with E-state index in [0.29, 0.717) is 90.9 Å². The van der Waals surface area contributed by atoms with Crippen molar-refractivity contribution in [2.24, 2.45) is 22.9 Å². The summed E-state index contributed by atoms with van der Waals surface area (Å²) in [5, 5.41) is 0. The molecule has 2 unspecified atom stereocenters. The van der Waals surface area contributed by atoms with Crippen molar-refractivity contribution in [3.63, 3.8) is 0 Å². The Kier molecular flexibility index (Phi) is 31.9. The molecular formula is C44H82N6O6P2. The van der Waals surface area contributed by atoms with E-state index in [9.17, 15) is 9.13 Å². The molecule has 0 aliphatic heterocycles. The van der Waals surface area contributed by atoms with Gasteiger partial charge in [0.1, 0.15) is 0 Å². The third-order valence-corrected chi connectivity index (χ3v) is 14.1. The maximum absolute atomic E-state index is 13.9. The highest BCUT2D eigenvalue weighted by molar-refractivity contribution is 7.54. The first-order valence-electron chi connectivity index (χ1n) is 22.4. The van der Waals surface area contributed by atoms with Crippen LogP contribution in [0.1, 0.15) is 101 Å². The molecule has 0 amide bonds. The molecule has 0 heterocycles. The Morgan fingerprint density at radius 3 is 0.983 bits per heavy atom. The summed E-state index contributed by atoms with van der Waals surface area (Å²) in [7, 11) is -6.49. The van der Waals surface area contributed by atoms with Gasteiger partial charge in [-0.15, -0.1) is 0 Å². The Labute approximate surface area is 352 Å². The highest BCUT2D eigenvalue weighted by Gasteiger charge is 2.27. The predicted molar refractivity (Wildman–Crippen MR) is 243 cm³/mol. The van der Waals surface area contributed by atoms with Crippen LogP contribution in [0.5, 0.6) is 0 Å². The minimum Gasteiger partial charge on any atom is -0.330 e. The molecule has 0 aromatic heterocycles. The molecule has 58 heavy (non-hydrogen) atoms. The number of benzene rings is 2. The summed E-state index contributed by atoms with van der Waals surface area (Å²) in [6.07, 6.45) is 16.6. The first-order chi connectivity index (χ1) is 28.3. The Balaban J connectivity index is 1.66. The zero-order valence-electron chi connectivity index (χ0n) is 35.9. The van der Waals surface area contributed by atoms with Gasteiger partial charge in [0.15, 0.2) is 0 Å². The molecule has 0 spiro atoms. The van der Waals surface area contributed by atoms with E-state index >= 15 is 0 Å². The van der Waals surface area contributed by atoms with Crippen LogP contribution < -0.4 is 22.9 Å². The standard InChI is InChI=1S/C44H82N6O6P2/c45-27-17-31-49(32-18-28-46)35-41-57(51,55-39-25-43-21-11-9-12-22-43)53-37-15-7-5-3-1-2-4-6-8-16-38-54-58(52,56-40-26-44-23-13-10-14-24-44)42-36-50(33-19-29-47)34-20-30-48/h9-14,21-24H,1-8,15-20,25-42,45-48H2. The number of nitrogens with zero attached hydrogens (tertiary/aromatic N) is 2. The highest BCUT2D eigenvalue weighted by atomic mass is 31.2. The molecule has 0 bridgehead atoms. The quantitative estimate of drug-likeness (QED) is 0.0377. The largest absolute Gasteiger partial charge is 0.331 e. The minimum absolute atomic E-state index is 0.370. The van der Waals surface area contributed by atoms with E-state index in [4.69, 9.17) is 41.0 Å². The molecule has 334 valence electrons. The van der Waals surface area contributed by atoms with Crippen LogP contribution in [0.15, 0.2) is 60.7 Å². The molecule has 2 aromatic carbocycles. The van der Waals surface area contributed by atoms with Gasteiger partial charge in [-0.1, -0.05) is 112 Å². The second kappa shape index (κ2) is 35.1. The first-order valence-corrected chi connectivity index (χ1v) is 25.9. The van der Waals surface area contributed by atoms with E-state index in [1.54, 1.807) is 0 Å². The fourth-order valence-electron chi connectivity index (χ4n) is 6.71. The summed E-state index contributed by atoms with van der Waals surface area (Å²) in [6.45, 7) is 8.85. The van der Waals surface area contributed by atoms with Gasteiger partial charge in [0.2, 0.25) is 0 Å². The van der Waals surface area contributed by atoms with Crippen molar-refractivity contribution in [3.05, 3.63) is 71.8 Å². The van der Waals surface area contributed by atoms with Gasteiger partial charge in [-0.05, 0) is 115 Å². The van der Waals surface area contributed by atoms with Crippen molar-refractivity contribution in [1.82, 2.24) is 9.80 Å². The molecule has 0 saturated heterocycles. The van der Waals surface area contributed by atoms with Crippen LogP contribution >= 0.6 is 15.2 Å².